The topological polar surface area (TPSA) is 60.9 Å². The Labute approximate surface area is 97.5 Å². The van der Waals surface area contributed by atoms with Gasteiger partial charge in [0, 0.05) is 24.4 Å². The van der Waals surface area contributed by atoms with E-state index in [1.165, 1.54) is 18.4 Å². The molecule has 1 rings (SSSR count). The summed E-state index contributed by atoms with van der Waals surface area (Å²) in [5.41, 5.74) is 2.35. The van der Waals surface area contributed by atoms with Crippen molar-refractivity contribution in [1.82, 2.24) is 15.5 Å². The molecule has 0 spiro atoms. The van der Waals surface area contributed by atoms with Crippen molar-refractivity contribution in [1.29, 1.82) is 0 Å². The molecule has 0 aromatic carbocycles. The second kappa shape index (κ2) is 7.41. The van der Waals surface area contributed by atoms with E-state index in [0.29, 0.717) is 5.92 Å². The number of aliphatic hydroxyl groups is 1. The Bertz CT molecular complexity index is 280. The van der Waals surface area contributed by atoms with Crippen molar-refractivity contribution in [2.75, 3.05) is 13.2 Å². The summed E-state index contributed by atoms with van der Waals surface area (Å²) in [6.07, 6.45) is 5.11. The fraction of sp³-hybridized carbons (Fsp3) is 0.750. The highest BCUT2D eigenvalue weighted by molar-refractivity contribution is 5.13. The minimum atomic E-state index is 0.289. The van der Waals surface area contributed by atoms with E-state index in [-0.39, 0.29) is 6.61 Å². The highest BCUT2D eigenvalue weighted by atomic mass is 16.3. The maximum atomic E-state index is 8.95. The molecule has 0 radical (unpaired) electrons. The molecule has 0 aliphatic heterocycles. The lowest BCUT2D eigenvalue weighted by atomic mass is 10.0. The standard InChI is InChI=1S/C12H23N3O/c1-3-4-11(5-6-16)7-13-8-12-9-14-15-10(12)2/h9,11,13,16H,3-8H2,1-2H3,(H,14,15). The van der Waals surface area contributed by atoms with Crippen LogP contribution in [0.3, 0.4) is 0 Å². The van der Waals surface area contributed by atoms with Gasteiger partial charge in [0.1, 0.15) is 0 Å². The summed E-state index contributed by atoms with van der Waals surface area (Å²) >= 11 is 0. The number of aromatic nitrogens is 2. The number of aliphatic hydroxyl groups excluding tert-OH is 1. The van der Waals surface area contributed by atoms with Crippen molar-refractivity contribution in [3.63, 3.8) is 0 Å². The van der Waals surface area contributed by atoms with Gasteiger partial charge in [0.15, 0.2) is 0 Å². The molecule has 1 aromatic rings. The summed E-state index contributed by atoms with van der Waals surface area (Å²) in [5, 5.41) is 19.3. The van der Waals surface area contributed by atoms with Crippen LogP contribution >= 0.6 is 0 Å². The van der Waals surface area contributed by atoms with Gasteiger partial charge in [-0.15, -0.1) is 0 Å². The zero-order valence-electron chi connectivity index (χ0n) is 10.3. The lowest BCUT2D eigenvalue weighted by Gasteiger charge is -2.15. The van der Waals surface area contributed by atoms with Gasteiger partial charge in [-0.05, 0) is 32.2 Å². The highest BCUT2D eigenvalue weighted by Gasteiger charge is 2.07. The van der Waals surface area contributed by atoms with Crippen LogP contribution in [0.1, 0.15) is 37.4 Å². The summed E-state index contributed by atoms with van der Waals surface area (Å²) in [6, 6.07) is 0. The van der Waals surface area contributed by atoms with E-state index in [2.05, 4.69) is 22.4 Å². The zero-order chi connectivity index (χ0) is 11.8. The van der Waals surface area contributed by atoms with Gasteiger partial charge in [-0.1, -0.05) is 13.3 Å². The maximum absolute atomic E-state index is 8.95. The molecule has 4 heteroatoms. The van der Waals surface area contributed by atoms with Crippen LogP contribution in [0.4, 0.5) is 0 Å². The molecule has 0 bridgehead atoms. The number of hydrogen-bond donors (Lipinski definition) is 3. The Morgan fingerprint density at radius 3 is 2.88 bits per heavy atom. The lowest BCUT2D eigenvalue weighted by Crippen LogP contribution is -2.23. The third kappa shape index (κ3) is 4.33. The second-order valence-electron chi connectivity index (χ2n) is 4.32. The Morgan fingerprint density at radius 1 is 1.50 bits per heavy atom. The van der Waals surface area contributed by atoms with Gasteiger partial charge in [0.2, 0.25) is 0 Å². The molecular formula is C12H23N3O. The van der Waals surface area contributed by atoms with Gasteiger partial charge in [-0.25, -0.2) is 0 Å². The summed E-state index contributed by atoms with van der Waals surface area (Å²) in [5.74, 6) is 0.585. The third-order valence-corrected chi connectivity index (χ3v) is 2.92. The van der Waals surface area contributed by atoms with Crippen LogP contribution in [0.25, 0.3) is 0 Å². The number of rotatable bonds is 8. The Hall–Kier alpha value is -0.870. The fourth-order valence-corrected chi connectivity index (χ4v) is 1.90. The van der Waals surface area contributed by atoms with Gasteiger partial charge >= 0.3 is 0 Å². The molecule has 0 saturated heterocycles. The van der Waals surface area contributed by atoms with Crippen LogP contribution < -0.4 is 5.32 Å². The van der Waals surface area contributed by atoms with E-state index in [4.69, 9.17) is 5.11 Å². The molecule has 0 saturated carbocycles. The summed E-state index contributed by atoms with van der Waals surface area (Å²) in [4.78, 5) is 0. The molecule has 0 fully saturated rings. The van der Waals surface area contributed by atoms with Crippen LogP contribution in [-0.4, -0.2) is 28.5 Å². The van der Waals surface area contributed by atoms with E-state index in [9.17, 15) is 0 Å². The van der Waals surface area contributed by atoms with Crippen molar-refractivity contribution >= 4 is 0 Å². The molecular weight excluding hydrogens is 202 g/mol. The van der Waals surface area contributed by atoms with E-state index < -0.39 is 0 Å². The summed E-state index contributed by atoms with van der Waals surface area (Å²) < 4.78 is 0. The van der Waals surface area contributed by atoms with Crippen LogP contribution in [0.5, 0.6) is 0 Å². The molecule has 16 heavy (non-hydrogen) atoms. The molecule has 1 atom stereocenters. The molecule has 3 N–H and O–H groups in total. The first-order valence-corrected chi connectivity index (χ1v) is 6.08. The molecule has 1 unspecified atom stereocenters. The van der Waals surface area contributed by atoms with Gasteiger partial charge in [0.25, 0.3) is 0 Å². The first-order valence-electron chi connectivity index (χ1n) is 6.08. The number of nitrogens with one attached hydrogen (secondary N) is 2. The SMILES string of the molecule is CCCC(CCO)CNCc1cn[nH]c1C. The van der Waals surface area contributed by atoms with Gasteiger partial charge in [-0.3, -0.25) is 5.10 Å². The van der Waals surface area contributed by atoms with Crippen molar-refractivity contribution in [2.45, 2.75) is 39.7 Å². The molecule has 0 aliphatic rings. The zero-order valence-corrected chi connectivity index (χ0v) is 10.3. The van der Waals surface area contributed by atoms with Crippen LogP contribution in [0, 0.1) is 12.8 Å². The quantitative estimate of drug-likeness (QED) is 0.630. The average molecular weight is 225 g/mol. The number of nitrogens with zero attached hydrogens (tertiary/aromatic N) is 1. The molecule has 92 valence electrons. The Balaban J connectivity index is 2.24. The normalized spacial score (nSPS) is 12.9. The van der Waals surface area contributed by atoms with E-state index in [1.807, 2.05) is 13.1 Å². The average Bonchev–Trinajstić information content (AvgIpc) is 2.65. The second-order valence-corrected chi connectivity index (χ2v) is 4.32. The smallest absolute Gasteiger partial charge is 0.0535 e. The number of aryl methyl sites for hydroxylation is 1. The van der Waals surface area contributed by atoms with Gasteiger partial charge in [-0.2, -0.15) is 5.10 Å². The van der Waals surface area contributed by atoms with E-state index in [1.54, 1.807) is 0 Å². The molecule has 4 nitrogen and oxygen atoms in total. The molecule has 0 aliphatic carbocycles. The van der Waals surface area contributed by atoms with Crippen LogP contribution in [0.15, 0.2) is 6.20 Å². The summed E-state index contributed by atoms with van der Waals surface area (Å²) in [7, 11) is 0. The number of H-pyrrole nitrogens is 1. The minimum absolute atomic E-state index is 0.289. The van der Waals surface area contributed by atoms with Crippen molar-refractivity contribution in [3.05, 3.63) is 17.5 Å². The maximum Gasteiger partial charge on any atom is 0.0535 e. The third-order valence-electron chi connectivity index (χ3n) is 2.92. The van der Waals surface area contributed by atoms with Crippen molar-refractivity contribution in [2.24, 2.45) is 5.92 Å². The van der Waals surface area contributed by atoms with E-state index >= 15 is 0 Å². The van der Waals surface area contributed by atoms with Crippen LogP contribution in [0.2, 0.25) is 0 Å². The van der Waals surface area contributed by atoms with Crippen molar-refractivity contribution in [3.8, 4) is 0 Å². The predicted molar refractivity (Wildman–Crippen MR) is 65.1 cm³/mol. The van der Waals surface area contributed by atoms with Gasteiger partial charge in [0.05, 0.1) is 6.20 Å². The number of hydrogen-bond acceptors (Lipinski definition) is 3. The highest BCUT2D eigenvalue weighted by Crippen LogP contribution is 2.10. The van der Waals surface area contributed by atoms with Crippen molar-refractivity contribution < 1.29 is 5.11 Å². The first-order chi connectivity index (χ1) is 7.77. The van der Waals surface area contributed by atoms with Crippen LogP contribution in [-0.2, 0) is 6.54 Å². The monoisotopic (exact) mass is 225 g/mol. The Morgan fingerprint density at radius 2 is 2.31 bits per heavy atom. The first kappa shape index (κ1) is 13.2. The Kier molecular flexibility index (Phi) is 6.11. The van der Waals surface area contributed by atoms with Gasteiger partial charge < -0.3 is 10.4 Å². The predicted octanol–water partition coefficient (Wildman–Crippen LogP) is 1.61. The minimum Gasteiger partial charge on any atom is -0.396 e. The molecule has 0 amide bonds. The molecule has 1 heterocycles. The number of aromatic amines is 1. The molecule has 1 aromatic heterocycles. The fourth-order valence-electron chi connectivity index (χ4n) is 1.90. The summed E-state index contributed by atoms with van der Waals surface area (Å²) in [6.45, 7) is 6.33. The lowest BCUT2D eigenvalue weighted by molar-refractivity contribution is 0.248. The van der Waals surface area contributed by atoms with E-state index in [0.717, 1.165) is 25.2 Å². The largest absolute Gasteiger partial charge is 0.396 e.